The Labute approximate surface area is 147 Å². The third-order valence-corrected chi connectivity index (χ3v) is 4.61. The molecule has 25 heavy (non-hydrogen) atoms. The highest BCUT2D eigenvalue weighted by Gasteiger charge is 2.15. The quantitative estimate of drug-likeness (QED) is 0.726. The van der Waals surface area contributed by atoms with Gasteiger partial charge in [0.15, 0.2) is 0 Å². The lowest BCUT2D eigenvalue weighted by atomic mass is 10.0. The van der Waals surface area contributed by atoms with Crippen LogP contribution >= 0.6 is 0 Å². The van der Waals surface area contributed by atoms with Crippen LogP contribution in [-0.2, 0) is 11.3 Å². The van der Waals surface area contributed by atoms with E-state index in [0.29, 0.717) is 0 Å². The summed E-state index contributed by atoms with van der Waals surface area (Å²) in [5, 5.41) is 8.62. The molecule has 0 saturated carbocycles. The fraction of sp³-hybridized carbons (Fsp3) is 0.350. The van der Waals surface area contributed by atoms with Crippen molar-refractivity contribution >= 4 is 0 Å². The monoisotopic (exact) mass is 334 g/mol. The second-order valence-corrected chi connectivity index (χ2v) is 6.58. The molecule has 0 unspecified atom stereocenters. The number of pyridine rings is 1. The number of benzene rings is 1. The molecule has 3 aromatic rings. The zero-order valence-corrected chi connectivity index (χ0v) is 14.4. The van der Waals surface area contributed by atoms with Crippen LogP contribution in [0.2, 0.25) is 0 Å². The molecule has 128 valence electrons. The van der Waals surface area contributed by atoms with Gasteiger partial charge in [0.05, 0.1) is 18.8 Å². The molecule has 1 aromatic carbocycles. The Morgan fingerprint density at radius 1 is 1.12 bits per heavy atom. The van der Waals surface area contributed by atoms with Crippen LogP contribution in [0.25, 0.3) is 22.4 Å². The van der Waals surface area contributed by atoms with Gasteiger partial charge < -0.3 is 4.74 Å². The predicted molar refractivity (Wildman–Crippen MR) is 97.0 cm³/mol. The minimum absolute atomic E-state index is 0.258. The molecule has 0 N–H and O–H groups in total. The Bertz CT molecular complexity index is 835. The van der Waals surface area contributed by atoms with E-state index in [2.05, 4.69) is 39.6 Å². The highest BCUT2D eigenvalue weighted by Crippen LogP contribution is 2.25. The van der Waals surface area contributed by atoms with Gasteiger partial charge in [-0.25, -0.2) is 4.68 Å². The Morgan fingerprint density at radius 3 is 2.84 bits per heavy atom. The van der Waals surface area contributed by atoms with E-state index in [1.165, 1.54) is 12.8 Å². The van der Waals surface area contributed by atoms with Gasteiger partial charge in [-0.15, -0.1) is 5.10 Å². The molecule has 1 aliphatic rings. The van der Waals surface area contributed by atoms with Gasteiger partial charge in [-0.2, -0.15) is 0 Å². The fourth-order valence-electron chi connectivity index (χ4n) is 3.18. The summed E-state index contributed by atoms with van der Waals surface area (Å²) in [6.45, 7) is 3.63. The van der Waals surface area contributed by atoms with Crippen LogP contribution < -0.4 is 0 Å². The molecule has 1 fully saturated rings. The molecular weight excluding hydrogens is 312 g/mol. The maximum Gasteiger partial charge on any atom is 0.113 e. The van der Waals surface area contributed by atoms with E-state index in [9.17, 15) is 0 Å². The summed E-state index contributed by atoms with van der Waals surface area (Å²) < 4.78 is 7.68. The number of nitrogens with zero attached hydrogens (tertiary/aromatic N) is 4. The van der Waals surface area contributed by atoms with Crippen LogP contribution in [-0.4, -0.2) is 32.7 Å². The van der Waals surface area contributed by atoms with Crippen molar-refractivity contribution in [2.45, 2.75) is 38.8 Å². The molecule has 5 heteroatoms. The zero-order chi connectivity index (χ0) is 17.1. The maximum atomic E-state index is 5.79. The predicted octanol–water partition coefficient (Wildman–Crippen LogP) is 3.88. The maximum absolute atomic E-state index is 5.79. The number of hydrogen-bond acceptors (Lipinski definition) is 4. The number of aryl methyl sites for hydroxylation is 1. The molecule has 1 atom stereocenters. The van der Waals surface area contributed by atoms with Gasteiger partial charge >= 0.3 is 0 Å². The van der Waals surface area contributed by atoms with E-state index < -0.39 is 0 Å². The molecule has 5 nitrogen and oxygen atoms in total. The van der Waals surface area contributed by atoms with Crippen molar-refractivity contribution < 1.29 is 4.74 Å². The van der Waals surface area contributed by atoms with Crippen molar-refractivity contribution in [1.29, 1.82) is 0 Å². The highest BCUT2D eigenvalue weighted by molar-refractivity contribution is 5.70. The van der Waals surface area contributed by atoms with Crippen molar-refractivity contribution in [3.63, 3.8) is 0 Å². The van der Waals surface area contributed by atoms with E-state index in [4.69, 9.17) is 4.74 Å². The summed E-state index contributed by atoms with van der Waals surface area (Å²) in [6.07, 6.45) is 7.67. The van der Waals surface area contributed by atoms with Crippen LogP contribution in [0.15, 0.2) is 48.8 Å². The molecule has 0 aliphatic carbocycles. The number of aromatic nitrogens is 4. The summed E-state index contributed by atoms with van der Waals surface area (Å²) in [4.78, 5) is 4.38. The highest BCUT2D eigenvalue weighted by atomic mass is 16.5. The number of hydrogen-bond donors (Lipinski definition) is 0. The smallest absolute Gasteiger partial charge is 0.113 e. The van der Waals surface area contributed by atoms with Gasteiger partial charge in [0, 0.05) is 29.6 Å². The number of ether oxygens (including phenoxy) is 1. The van der Waals surface area contributed by atoms with E-state index in [-0.39, 0.29) is 6.10 Å². The Morgan fingerprint density at radius 2 is 2.04 bits per heavy atom. The van der Waals surface area contributed by atoms with Crippen molar-refractivity contribution in [1.82, 2.24) is 20.0 Å². The first-order valence-corrected chi connectivity index (χ1v) is 8.83. The largest absolute Gasteiger partial charge is 0.376 e. The molecule has 0 bridgehead atoms. The molecule has 0 spiro atoms. The Balaban J connectivity index is 1.54. The summed E-state index contributed by atoms with van der Waals surface area (Å²) in [5.41, 5.74) is 5.21. The first-order chi connectivity index (χ1) is 12.3. The lowest BCUT2D eigenvalue weighted by Crippen LogP contribution is -2.24. The topological polar surface area (TPSA) is 52.8 Å². The second-order valence-electron chi connectivity index (χ2n) is 6.58. The average molecular weight is 334 g/mol. The Hall–Kier alpha value is -2.53. The second kappa shape index (κ2) is 7.15. The van der Waals surface area contributed by atoms with Crippen molar-refractivity contribution in [2.24, 2.45) is 0 Å². The third kappa shape index (κ3) is 3.77. The first-order valence-electron chi connectivity index (χ1n) is 8.83. The molecule has 4 rings (SSSR count). The summed E-state index contributed by atoms with van der Waals surface area (Å²) >= 11 is 0. The van der Waals surface area contributed by atoms with Gasteiger partial charge in [-0.1, -0.05) is 29.5 Å². The van der Waals surface area contributed by atoms with E-state index in [1.807, 2.05) is 36.1 Å². The third-order valence-electron chi connectivity index (χ3n) is 4.61. The summed E-state index contributed by atoms with van der Waals surface area (Å²) in [5.74, 6) is 0. The molecule has 0 radical (unpaired) electrons. The van der Waals surface area contributed by atoms with E-state index >= 15 is 0 Å². The normalized spacial score (nSPS) is 17.6. The molecule has 1 saturated heterocycles. The van der Waals surface area contributed by atoms with Crippen LogP contribution in [0.1, 0.15) is 25.0 Å². The van der Waals surface area contributed by atoms with Crippen LogP contribution in [0.4, 0.5) is 0 Å². The fourth-order valence-corrected chi connectivity index (χ4v) is 3.18. The SMILES string of the molecule is Cc1ccc(-c2cccc(-c3cn(C[C@H]4CCCCO4)nn3)c2)cn1. The molecule has 2 aromatic heterocycles. The van der Waals surface area contributed by atoms with Crippen molar-refractivity contribution in [2.75, 3.05) is 6.61 Å². The van der Waals surface area contributed by atoms with Gasteiger partial charge in [0.2, 0.25) is 0 Å². The molecule has 0 amide bonds. The summed E-state index contributed by atoms with van der Waals surface area (Å²) in [7, 11) is 0. The van der Waals surface area contributed by atoms with Crippen LogP contribution in [0.3, 0.4) is 0 Å². The molecule has 3 heterocycles. The van der Waals surface area contributed by atoms with Crippen LogP contribution in [0, 0.1) is 6.92 Å². The van der Waals surface area contributed by atoms with Gasteiger partial charge in [-0.05, 0) is 43.9 Å². The minimum Gasteiger partial charge on any atom is -0.376 e. The lowest BCUT2D eigenvalue weighted by Gasteiger charge is -2.21. The van der Waals surface area contributed by atoms with Gasteiger partial charge in [-0.3, -0.25) is 4.98 Å². The Kier molecular flexibility index (Phi) is 4.57. The van der Waals surface area contributed by atoms with Crippen molar-refractivity contribution in [3.8, 4) is 22.4 Å². The van der Waals surface area contributed by atoms with E-state index in [1.54, 1.807) is 0 Å². The molecular formula is C20H22N4O. The van der Waals surface area contributed by atoms with Crippen molar-refractivity contribution in [3.05, 3.63) is 54.5 Å². The van der Waals surface area contributed by atoms with Gasteiger partial charge in [0.1, 0.15) is 5.69 Å². The number of rotatable bonds is 4. The molecule has 1 aliphatic heterocycles. The average Bonchev–Trinajstić information content (AvgIpc) is 3.12. The standard InChI is InChI=1S/C20H22N4O/c1-15-8-9-18(12-21-15)16-5-4-6-17(11-16)20-14-24(23-22-20)13-19-7-2-3-10-25-19/h4-6,8-9,11-12,14,19H,2-3,7,10,13H2,1H3/t19-/m1/s1. The van der Waals surface area contributed by atoms with Gasteiger partial charge in [0.25, 0.3) is 0 Å². The zero-order valence-electron chi connectivity index (χ0n) is 14.4. The minimum atomic E-state index is 0.258. The lowest BCUT2D eigenvalue weighted by molar-refractivity contribution is 0.00370. The van der Waals surface area contributed by atoms with E-state index in [0.717, 1.165) is 47.7 Å². The summed E-state index contributed by atoms with van der Waals surface area (Å²) in [6, 6.07) is 12.5. The van der Waals surface area contributed by atoms with Crippen LogP contribution in [0.5, 0.6) is 0 Å². The first kappa shape index (κ1) is 16.0.